The Morgan fingerprint density at radius 2 is 1.10 bits per heavy atom. The highest BCUT2D eigenvalue weighted by Gasteiger charge is 2.44. The first-order valence-electron chi connectivity index (χ1n) is 20.8. The van der Waals surface area contributed by atoms with Gasteiger partial charge in [-0.3, -0.25) is 63.0 Å². The minimum Gasteiger partial charge on any atom is -0.481 e. The van der Waals surface area contributed by atoms with Gasteiger partial charge in [0.05, 0.1) is 12.8 Å². The molecule has 0 saturated heterocycles. The van der Waals surface area contributed by atoms with Gasteiger partial charge in [-0.25, -0.2) is 10.2 Å². The summed E-state index contributed by atoms with van der Waals surface area (Å²) in [6.07, 6.45) is -5.84. The van der Waals surface area contributed by atoms with E-state index >= 15 is 0 Å². The number of carboxylic acids is 5. The number of benzene rings is 1. The zero-order chi connectivity index (χ0) is 53.6. The Morgan fingerprint density at radius 1 is 0.629 bits per heavy atom. The number of carboxylic acid groups (broad SMARTS) is 5. The number of halogens is 1. The minimum absolute atomic E-state index is 0.0691. The van der Waals surface area contributed by atoms with Crippen LogP contribution in [0.2, 0.25) is 0 Å². The number of thiol groups is 1. The monoisotopic (exact) mass is 1020 g/mol. The Hall–Kier alpha value is -7.63. The Bertz CT molecular complexity index is 2130. The minimum atomic E-state index is -3.72. The second-order valence-corrected chi connectivity index (χ2v) is 16.2. The molecule has 1 aromatic rings. The molecule has 28 nitrogen and oxygen atoms in total. The van der Waals surface area contributed by atoms with Crippen LogP contribution >= 0.6 is 12.6 Å². The molecule has 1 unspecified atom stereocenters. The Morgan fingerprint density at radius 3 is 1.59 bits per heavy atom. The first kappa shape index (κ1) is 60.4. The molecule has 1 aromatic carbocycles. The van der Waals surface area contributed by atoms with Crippen molar-refractivity contribution in [3.05, 3.63) is 29.8 Å². The number of hydrogen-bond acceptors (Lipinski definition) is 16. The second-order valence-electron chi connectivity index (χ2n) is 15.8. The number of carbonyl (C=O) groups is 13. The standard InChI is InChI=1S/C40H56FN9O19S/c1-17(2)11-23(35(63)48-27(16-70)32(42)60)46-36(64)24(12-20-5-7-21(8-6-20)69-40(41,39(67)68)15-31(58)59)47-34(62)22(9-10-28(52)53)44-37(65)25(13-29(54)55)45-33(61)18(3)43-38(66)26(14-30(56)57)50-49-19(4)51/h5-8,17-18,22-27,50,70H,9-16H2,1-4H3,(H2,42,60)(H,43,66)(H,44,65)(H,45,61)(H,46,64)(H,47,62)(H,48,63)(H,49,51)(H,52,53)(H,54,55)(H,56,57)(H,58,59)(H,67,68)/t18-,22-,23-,24-,25-,26-,27-,40?/m0/s1. The average Bonchev–Trinajstić information content (AvgIpc) is 3.24. The molecule has 0 bridgehead atoms. The van der Waals surface area contributed by atoms with Crippen molar-refractivity contribution in [2.45, 2.75) is 121 Å². The number of amides is 8. The van der Waals surface area contributed by atoms with Crippen molar-refractivity contribution in [3.8, 4) is 5.75 Å². The van der Waals surface area contributed by atoms with Gasteiger partial charge in [-0.2, -0.15) is 17.0 Å². The maximum atomic E-state index is 14.9. The molecule has 1 rings (SSSR count). The third kappa shape index (κ3) is 22.0. The highest BCUT2D eigenvalue weighted by Crippen LogP contribution is 2.25. The molecule has 388 valence electrons. The number of nitrogens with one attached hydrogen (secondary N) is 8. The molecule has 0 fully saturated rings. The van der Waals surface area contributed by atoms with Crippen LogP contribution in [-0.4, -0.2) is 157 Å². The lowest BCUT2D eigenvalue weighted by atomic mass is 10.00. The van der Waals surface area contributed by atoms with Gasteiger partial charge < -0.3 is 67.9 Å². The summed E-state index contributed by atoms with van der Waals surface area (Å²) in [6, 6.07) is -7.44. The molecule has 0 aromatic heterocycles. The maximum Gasteiger partial charge on any atom is 0.382 e. The van der Waals surface area contributed by atoms with Crippen LogP contribution in [0.3, 0.4) is 0 Å². The SMILES string of the molecule is CC(=O)NN[C@@H](CC(=O)O)C(=O)N[C@@H](C)C(=O)N[C@@H](CC(=O)O)C(=O)N[C@@H](CCC(=O)O)C(=O)N[C@@H](Cc1ccc(OC(F)(CC(=O)O)C(=O)O)cc1)C(=O)N[C@@H](CC(C)C)C(=O)N[C@@H](CS)C(N)=O. The number of hydrogen-bond donors (Lipinski definition) is 15. The van der Waals surface area contributed by atoms with Crippen molar-refractivity contribution in [2.75, 3.05) is 5.75 Å². The van der Waals surface area contributed by atoms with Crippen LogP contribution in [-0.2, 0) is 68.7 Å². The fourth-order valence-electron chi connectivity index (χ4n) is 5.84. The lowest BCUT2D eigenvalue weighted by Gasteiger charge is -2.27. The molecule has 70 heavy (non-hydrogen) atoms. The number of nitrogens with two attached hydrogens (primary N) is 1. The van der Waals surface area contributed by atoms with E-state index in [0.29, 0.717) is 0 Å². The topological polar surface area (TPSA) is 455 Å². The predicted molar refractivity (Wildman–Crippen MR) is 236 cm³/mol. The molecule has 0 radical (unpaired) electrons. The van der Waals surface area contributed by atoms with E-state index in [4.69, 9.17) is 20.7 Å². The van der Waals surface area contributed by atoms with Crippen LogP contribution in [0, 0.1) is 5.92 Å². The zero-order valence-corrected chi connectivity index (χ0v) is 38.8. The molecule has 0 aliphatic rings. The van der Waals surface area contributed by atoms with Gasteiger partial charge in [-0.1, -0.05) is 26.0 Å². The molecule has 30 heteroatoms. The molecule has 0 aliphatic carbocycles. The molecule has 0 aliphatic heterocycles. The molecule has 0 spiro atoms. The fourth-order valence-corrected chi connectivity index (χ4v) is 6.11. The Balaban J connectivity index is 3.65. The fraction of sp³-hybridized carbons (Fsp3) is 0.525. The van der Waals surface area contributed by atoms with E-state index in [1.807, 2.05) is 5.43 Å². The molecule has 8 atom stereocenters. The van der Waals surface area contributed by atoms with Crippen LogP contribution in [0.1, 0.15) is 71.8 Å². The summed E-state index contributed by atoms with van der Waals surface area (Å²) in [4.78, 5) is 162. The lowest BCUT2D eigenvalue weighted by Crippen LogP contribution is -2.60. The van der Waals surface area contributed by atoms with E-state index in [0.717, 1.165) is 38.1 Å². The van der Waals surface area contributed by atoms with Crippen molar-refractivity contribution in [2.24, 2.45) is 11.7 Å². The molecule has 0 heterocycles. The Labute approximate surface area is 402 Å². The van der Waals surface area contributed by atoms with Gasteiger partial charge in [0.15, 0.2) is 0 Å². The van der Waals surface area contributed by atoms with Crippen molar-refractivity contribution in [3.63, 3.8) is 0 Å². The normalized spacial score (nSPS) is 14.7. The van der Waals surface area contributed by atoms with Gasteiger partial charge in [0.1, 0.15) is 54.5 Å². The largest absolute Gasteiger partial charge is 0.481 e. The van der Waals surface area contributed by atoms with Crippen molar-refractivity contribution >= 4 is 89.7 Å². The summed E-state index contributed by atoms with van der Waals surface area (Å²) < 4.78 is 19.7. The van der Waals surface area contributed by atoms with E-state index in [2.05, 4.69) is 50.0 Å². The number of primary amides is 1. The van der Waals surface area contributed by atoms with Gasteiger partial charge in [0.25, 0.3) is 0 Å². The molecular formula is C40H56FN9O19S. The third-order valence-corrected chi connectivity index (χ3v) is 9.68. The van der Waals surface area contributed by atoms with Gasteiger partial charge >= 0.3 is 35.7 Å². The van der Waals surface area contributed by atoms with Crippen LogP contribution in [0.15, 0.2) is 24.3 Å². The number of rotatable bonds is 32. The summed E-state index contributed by atoms with van der Waals surface area (Å²) in [5, 5.41) is 59.9. The predicted octanol–water partition coefficient (Wildman–Crippen LogP) is -3.95. The van der Waals surface area contributed by atoms with Crippen LogP contribution in [0.4, 0.5) is 4.39 Å². The number of hydrazine groups is 1. The van der Waals surface area contributed by atoms with E-state index in [-0.39, 0.29) is 23.7 Å². The smallest absolute Gasteiger partial charge is 0.382 e. The Kier molecular flexibility index (Phi) is 24.7. The van der Waals surface area contributed by atoms with Crippen LogP contribution < -0.4 is 53.2 Å². The van der Waals surface area contributed by atoms with Gasteiger partial charge in [0, 0.05) is 25.5 Å². The summed E-state index contributed by atoms with van der Waals surface area (Å²) in [5.74, 6) is -22.3. The summed E-state index contributed by atoms with van der Waals surface area (Å²) >= 11 is 3.99. The van der Waals surface area contributed by atoms with E-state index < -0.39 is 170 Å². The highest BCUT2D eigenvalue weighted by molar-refractivity contribution is 7.80. The van der Waals surface area contributed by atoms with Crippen molar-refractivity contribution in [1.29, 1.82) is 0 Å². The van der Waals surface area contributed by atoms with E-state index in [1.165, 1.54) is 0 Å². The number of aliphatic carboxylic acids is 5. The van der Waals surface area contributed by atoms with E-state index in [1.54, 1.807) is 13.8 Å². The van der Waals surface area contributed by atoms with Gasteiger partial charge in [-0.15, -0.1) is 0 Å². The zero-order valence-electron chi connectivity index (χ0n) is 37.9. The first-order chi connectivity index (χ1) is 32.5. The second kappa shape index (κ2) is 28.6. The molecule has 8 amide bonds. The number of alkyl halides is 1. The van der Waals surface area contributed by atoms with Crippen molar-refractivity contribution in [1.82, 2.24) is 42.8 Å². The summed E-state index contributed by atoms with van der Waals surface area (Å²) in [7, 11) is 0. The molecule has 0 saturated carbocycles. The van der Waals surface area contributed by atoms with Crippen molar-refractivity contribution < 1.29 is 97.0 Å². The number of carbonyl (C=O) groups excluding carboxylic acids is 8. The molecule has 15 N–H and O–H groups in total. The third-order valence-electron chi connectivity index (χ3n) is 9.32. The molecular weight excluding hydrogens is 962 g/mol. The summed E-state index contributed by atoms with van der Waals surface area (Å²) in [5.41, 5.74) is 9.60. The van der Waals surface area contributed by atoms with Gasteiger partial charge in [-0.05, 0) is 43.4 Å². The summed E-state index contributed by atoms with van der Waals surface area (Å²) in [6.45, 7) is 5.44. The van der Waals surface area contributed by atoms with E-state index in [9.17, 15) is 82.0 Å². The van der Waals surface area contributed by atoms with Crippen LogP contribution in [0.25, 0.3) is 0 Å². The number of ether oxygens (including phenoxy) is 1. The lowest BCUT2D eigenvalue weighted by molar-refractivity contribution is -0.180. The first-order valence-corrected chi connectivity index (χ1v) is 21.4. The quantitative estimate of drug-likeness (QED) is 0.0242. The highest BCUT2D eigenvalue weighted by atomic mass is 32.1. The van der Waals surface area contributed by atoms with Gasteiger partial charge in [0.2, 0.25) is 47.3 Å². The van der Waals surface area contributed by atoms with Crippen LogP contribution in [0.5, 0.6) is 5.75 Å². The maximum absolute atomic E-state index is 14.9. The average molecular weight is 1020 g/mol.